The van der Waals surface area contributed by atoms with Crippen molar-refractivity contribution in [1.82, 2.24) is 10.3 Å². The molecule has 1 atom stereocenters. The van der Waals surface area contributed by atoms with Crippen LogP contribution < -0.4 is 5.32 Å². The molecule has 2 heterocycles. The van der Waals surface area contributed by atoms with Crippen LogP contribution in [0.4, 0.5) is 0 Å². The van der Waals surface area contributed by atoms with Gasteiger partial charge in [-0.2, -0.15) is 0 Å². The summed E-state index contributed by atoms with van der Waals surface area (Å²) < 4.78 is 5.60. The van der Waals surface area contributed by atoms with Crippen molar-refractivity contribution in [3.63, 3.8) is 0 Å². The van der Waals surface area contributed by atoms with Crippen molar-refractivity contribution in [2.75, 3.05) is 13.2 Å². The number of rotatable bonds is 4. The Morgan fingerprint density at radius 3 is 3.13 bits per heavy atom. The third-order valence-corrected chi connectivity index (χ3v) is 2.76. The Labute approximate surface area is 94.8 Å². The highest BCUT2D eigenvalue weighted by Gasteiger charge is 2.13. The normalized spacial score (nSPS) is 20.7. The highest BCUT2D eigenvalue weighted by Crippen LogP contribution is 2.08. The van der Waals surface area contributed by atoms with Gasteiger partial charge in [0.2, 0.25) is 0 Å². The van der Waals surface area contributed by atoms with Crippen molar-refractivity contribution >= 4 is 11.6 Å². The van der Waals surface area contributed by atoms with Crippen molar-refractivity contribution in [3.8, 4) is 0 Å². The Morgan fingerprint density at radius 1 is 1.53 bits per heavy atom. The van der Waals surface area contributed by atoms with Crippen LogP contribution in [0.15, 0.2) is 18.3 Å². The molecule has 1 saturated heterocycles. The van der Waals surface area contributed by atoms with Crippen LogP contribution in [-0.2, 0) is 11.3 Å². The van der Waals surface area contributed by atoms with Gasteiger partial charge in [0.15, 0.2) is 0 Å². The first-order valence-corrected chi connectivity index (χ1v) is 5.64. The van der Waals surface area contributed by atoms with E-state index in [1.165, 1.54) is 12.8 Å². The fourth-order valence-corrected chi connectivity index (χ4v) is 1.82. The lowest BCUT2D eigenvalue weighted by atomic mass is 10.2. The van der Waals surface area contributed by atoms with Crippen LogP contribution in [0, 0.1) is 0 Å². The monoisotopic (exact) mass is 226 g/mol. The molecule has 1 N–H and O–H groups in total. The molecule has 0 radical (unpaired) electrons. The van der Waals surface area contributed by atoms with Crippen LogP contribution in [0.25, 0.3) is 0 Å². The molecule has 1 aromatic rings. The van der Waals surface area contributed by atoms with E-state index in [1.807, 2.05) is 6.07 Å². The van der Waals surface area contributed by atoms with Gasteiger partial charge < -0.3 is 10.1 Å². The number of nitrogens with zero attached hydrogens (tertiary/aromatic N) is 1. The van der Waals surface area contributed by atoms with Gasteiger partial charge in [0, 0.05) is 12.2 Å². The number of ether oxygens (including phenoxy) is 1. The maximum absolute atomic E-state index is 5.69. The Morgan fingerprint density at radius 2 is 2.47 bits per heavy atom. The van der Waals surface area contributed by atoms with Crippen LogP contribution in [0.2, 0.25) is 5.15 Å². The fraction of sp³-hybridized carbons (Fsp3) is 0.545. The lowest BCUT2D eigenvalue weighted by Crippen LogP contribution is -2.26. The van der Waals surface area contributed by atoms with E-state index in [0.717, 1.165) is 18.7 Å². The molecule has 4 heteroatoms. The zero-order valence-electron chi connectivity index (χ0n) is 8.58. The van der Waals surface area contributed by atoms with E-state index < -0.39 is 0 Å². The summed E-state index contributed by atoms with van der Waals surface area (Å²) in [4.78, 5) is 4.00. The number of nitrogens with one attached hydrogen (secondary N) is 1. The third kappa shape index (κ3) is 3.45. The van der Waals surface area contributed by atoms with Crippen molar-refractivity contribution < 1.29 is 4.74 Å². The maximum Gasteiger partial charge on any atom is 0.129 e. The molecule has 15 heavy (non-hydrogen) atoms. The van der Waals surface area contributed by atoms with Crippen molar-refractivity contribution in [1.29, 1.82) is 0 Å². The topological polar surface area (TPSA) is 34.1 Å². The molecule has 1 aromatic heterocycles. The third-order valence-electron chi connectivity index (χ3n) is 2.54. The van der Waals surface area contributed by atoms with Gasteiger partial charge in [-0.25, -0.2) is 4.98 Å². The number of hydrogen-bond acceptors (Lipinski definition) is 3. The Bertz CT molecular complexity index is 296. The average Bonchev–Trinajstić information content (AvgIpc) is 2.74. The fourth-order valence-electron chi connectivity index (χ4n) is 1.71. The molecular formula is C11H15ClN2O. The number of pyridine rings is 1. The molecule has 0 spiro atoms. The minimum absolute atomic E-state index is 0.524. The predicted molar refractivity (Wildman–Crippen MR) is 59.9 cm³/mol. The Balaban J connectivity index is 1.71. The highest BCUT2D eigenvalue weighted by atomic mass is 35.5. The second-order valence-corrected chi connectivity index (χ2v) is 4.18. The summed E-state index contributed by atoms with van der Waals surface area (Å²) in [5.74, 6) is 0. The van der Waals surface area contributed by atoms with Crippen molar-refractivity contribution in [3.05, 3.63) is 29.0 Å². The molecule has 1 aliphatic heterocycles. The van der Waals surface area contributed by atoms with E-state index in [4.69, 9.17) is 16.3 Å². The maximum atomic E-state index is 5.69. The summed E-state index contributed by atoms with van der Waals surface area (Å²) in [5, 5.41) is 3.91. The van der Waals surface area contributed by atoms with E-state index in [-0.39, 0.29) is 0 Å². The quantitative estimate of drug-likeness (QED) is 0.798. The smallest absolute Gasteiger partial charge is 0.129 e. The first-order chi connectivity index (χ1) is 7.34. The molecule has 0 unspecified atom stereocenters. The summed E-state index contributed by atoms with van der Waals surface area (Å²) in [6.07, 6.45) is 4.24. The first kappa shape index (κ1) is 10.9. The van der Waals surface area contributed by atoms with Gasteiger partial charge in [-0.05, 0) is 31.0 Å². The zero-order chi connectivity index (χ0) is 10.5. The summed E-state index contributed by atoms with van der Waals surface area (Å²) in [7, 11) is 0. The minimum atomic E-state index is 0.524. The molecular weight excluding hydrogens is 212 g/mol. The predicted octanol–water partition coefficient (Wildman–Crippen LogP) is 2.00. The standard InChI is InChI=1S/C11H15ClN2O/c12-11-4-3-9(6-14-11)7-15-8-10-2-1-5-13-10/h3-4,6,10,13H,1-2,5,7-8H2/t10-/m1/s1. The molecule has 1 aliphatic rings. The van der Waals surface area contributed by atoms with E-state index >= 15 is 0 Å². The molecule has 0 amide bonds. The Kier molecular flexibility index (Phi) is 3.94. The average molecular weight is 227 g/mol. The molecule has 0 saturated carbocycles. The minimum Gasteiger partial charge on any atom is -0.375 e. The van der Waals surface area contributed by atoms with E-state index in [2.05, 4.69) is 10.3 Å². The number of aromatic nitrogens is 1. The van der Waals surface area contributed by atoms with Crippen LogP contribution in [0.1, 0.15) is 18.4 Å². The first-order valence-electron chi connectivity index (χ1n) is 5.26. The second-order valence-electron chi connectivity index (χ2n) is 3.80. The summed E-state index contributed by atoms with van der Waals surface area (Å²) in [6, 6.07) is 4.26. The van der Waals surface area contributed by atoms with Gasteiger partial charge in [0.1, 0.15) is 5.15 Å². The zero-order valence-corrected chi connectivity index (χ0v) is 9.33. The van der Waals surface area contributed by atoms with Crippen molar-refractivity contribution in [2.24, 2.45) is 0 Å². The SMILES string of the molecule is Clc1ccc(COC[C@H]2CCCN2)cn1. The van der Waals surface area contributed by atoms with Gasteiger partial charge in [-0.1, -0.05) is 17.7 Å². The van der Waals surface area contributed by atoms with Gasteiger partial charge in [-0.15, -0.1) is 0 Å². The molecule has 0 bridgehead atoms. The van der Waals surface area contributed by atoms with E-state index in [1.54, 1.807) is 12.3 Å². The molecule has 2 rings (SSSR count). The van der Waals surface area contributed by atoms with Gasteiger partial charge in [0.25, 0.3) is 0 Å². The van der Waals surface area contributed by atoms with E-state index in [9.17, 15) is 0 Å². The van der Waals surface area contributed by atoms with E-state index in [0.29, 0.717) is 17.8 Å². The van der Waals surface area contributed by atoms with Crippen LogP contribution in [0.3, 0.4) is 0 Å². The molecule has 0 aromatic carbocycles. The van der Waals surface area contributed by atoms with Crippen LogP contribution >= 0.6 is 11.6 Å². The lowest BCUT2D eigenvalue weighted by molar-refractivity contribution is 0.103. The van der Waals surface area contributed by atoms with Gasteiger partial charge in [-0.3, -0.25) is 0 Å². The van der Waals surface area contributed by atoms with Crippen LogP contribution in [-0.4, -0.2) is 24.2 Å². The van der Waals surface area contributed by atoms with Crippen molar-refractivity contribution in [2.45, 2.75) is 25.5 Å². The molecule has 82 valence electrons. The lowest BCUT2D eigenvalue weighted by Gasteiger charge is -2.10. The second kappa shape index (κ2) is 5.45. The molecule has 1 fully saturated rings. The van der Waals surface area contributed by atoms with Gasteiger partial charge >= 0.3 is 0 Å². The largest absolute Gasteiger partial charge is 0.375 e. The van der Waals surface area contributed by atoms with Crippen LogP contribution in [0.5, 0.6) is 0 Å². The number of halogens is 1. The van der Waals surface area contributed by atoms with Gasteiger partial charge in [0.05, 0.1) is 13.2 Å². The molecule has 0 aliphatic carbocycles. The summed E-state index contributed by atoms with van der Waals surface area (Å²) in [6.45, 7) is 2.52. The summed E-state index contributed by atoms with van der Waals surface area (Å²) >= 11 is 5.69. The molecule has 3 nitrogen and oxygen atoms in total. The number of hydrogen-bond donors (Lipinski definition) is 1. The Hall–Kier alpha value is -0.640. The summed E-state index contributed by atoms with van der Waals surface area (Å²) in [5.41, 5.74) is 1.07. The highest BCUT2D eigenvalue weighted by molar-refractivity contribution is 6.29.